The molecule has 18 heavy (non-hydrogen) atoms. The Morgan fingerprint density at radius 3 is 3.00 bits per heavy atom. The number of nitrogens with two attached hydrogens (primary N) is 1. The van der Waals surface area contributed by atoms with Gasteiger partial charge >= 0.3 is 0 Å². The van der Waals surface area contributed by atoms with Crippen LogP contribution in [0.1, 0.15) is 5.56 Å². The summed E-state index contributed by atoms with van der Waals surface area (Å²) in [7, 11) is 3.17. The lowest BCUT2D eigenvalue weighted by Crippen LogP contribution is -2.14. The molecule has 2 aromatic heterocycles. The van der Waals surface area contributed by atoms with Crippen LogP contribution < -0.4 is 21.3 Å². The maximum atomic E-state index is 11.5. The smallest absolute Gasteiger partial charge is 0.295 e. The SMILES string of the molecule is COc1c(NCc2cnn(C)c2N)nc[nH]c1=O. The molecule has 2 rings (SSSR count). The molecule has 0 saturated heterocycles. The third-order valence-corrected chi connectivity index (χ3v) is 2.53. The van der Waals surface area contributed by atoms with Gasteiger partial charge in [-0.3, -0.25) is 9.48 Å². The first-order valence-corrected chi connectivity index (χ1v) is 5.25. The van der Waals surface area contributed by atoms with Crippen LogP contribution in [-0.4, -0.2) is 26.9 Å². The zero-order chi connectivity index (χ0) is 13.1. The van der Waals surface area contributed by atoms with Gasteiger partial charge in [-0.1, -0.05) is 0 Å². The second-order valence-corrected chi connectivity index (χ2v) is 3.65. The minimum absolute atomic E-state index is 0.139. The maximum Gasteiger partial charge on any atom is 0.295 e. The summed E-state index contributed by atoms with van der Waals surface area (Å²) in [4.78, 5) is 17.9. The molecule has 0 aromatic carbocycles. The van der Waals surface area contributed by atoms with Crippen molar-refractivity contribution in [3.05, 3.63) is 28.4 Å². The van der Waals surface area contributed by atoms with Gasteiger partial charge in [0.15, 0.2) is 5.82 Å². The number of H-pyrrole nitrogens is 1. The lowest BCUT2D eigenvalue weighted by atomic mass is 10.3. The monoisotopic (exact) mass is 250 g/mol. The van der Waals surface area contributed by atoms with Gasteiger partial charge in [-0.05, 0) is 0 Å². The van der Waals surface area contributed by atoms with Crippen LogP contribution in [0.4, 0.5) is 11.6 Å². The number of ether oxygens (including phenoxy) is 1. The summed E-state index contributed by atoms with van der Waals surface area (Å²) in [5.74, 6) is 1.07. The quantitative estimate of drug-likeness (QED) is 0.687. The molecule has 0 aliphatic rings. The van der Waals surface area contributed by atoms with E-state index in [-0.39, 0.29) is 11.3 Å². The van der Waals surface area contributed by atoms with E-state index >= 15 is 0 Å². The lowest BCUT2D eigenvalue weighted by Gasteiger charge is -2.08. The highest BCUT2D eigenvalue weighted by Gasteiger charge is 2.10. The molecule has 0 saturated carbocycles. The summed E-state index contributed by atoms with van der Waals surface area (Å²) in [5, 5.41) is 7.01. The molecule has 2 heterocycles. The number of nitrogens with zero attached hydrogens (tertiary/aromatic N) is 3. The number of aryl methyl sites for hydroxylation is 1. The third-order valence-electron chi connectivity index (χ3n) is 2.53. The topological polar surface area (TPSA) is 111 Å². The van der Waals surface area contributed by atoms with Crippen molar-refractivity contribution >= 4 is 11.6 Å². The standard InChI is InChI=1S/C10H14N6O2/c1-16-8(11)6(4-15-16)3-12-9-7(18-2)10(17)14-5-13-9/h4-5H,3,11H2,1-2H3,(H2,12,13,14,17). The number of nitrogens with one attached hydrogen (secondary N) is 2. The fraction of sp³-hybridized carbons (Fsp3) is 0.300. The van der Waals surface area contributed by atoms with Gasteiger partial charge in [0.2, 0.25) is 5.75 Å². The van der Waals surface area contributed by atoms with Gasteiger partial charge in [0.25, 0.3) is 5.56 Å². The fourth-order valence-electron chi connectivity index (χ4n) is 1.51. The van der Waals surface area contributed by atoms with Gasteiger partial charge < -0.3 is 20.8 Å². The first-order valence-electron chi connectivity index (χ1n) is 5.25. The van der Waals surface area contributed by atoms with E-state index in [2.05, 4.69) is 20.4 Å². The number of hydrogen-bond donors (Lipinski definition) is 3. The van der Waals surface area contributed by atoms with E-state index < -0.39 is 0 Å². The maximum absolute atomic E-state index is 11.5. The molecule has 0 bridgehead atoms. The van der Waals surface area contributed by atoms with Crippen molar-refractivity contribution in [1.82, 2.24) is 19.7 Å². The lowest BCUT2D eigenvalue weighted by molar-refractivity contribution is 0.408. The molecule has 0 aliphatic heterocycles. The Kier molecular flexibility index (Phi) is 3.18. The van der Waals surface area contributed by atoms with Crippen molar-refractivity contribution in [1.29, 1.82) is 0 Å². The molecule has 0 fully saturated rings. The van der Waals surface area contributed by atoms with E-state index in [0.717, 1.165) is 5.56 Å². The number of aromatic amines is 1. The summed E-state index contributed by atoms with van der Waals surface area (Å²) >= 11 is 0. The van der Waals surface area contributed by atoms with Gasteiger partial charge in [-0.15, -0.1) is 0 Å². The Hall–Kier alpha value is -2.51. The van der Waals surface area contributed by atoms with E-state index in [0.29, 0.717) is 18.2 Å². The van der Waals surface area contributed by atoms with Crippen LogP contribution in [0.5, 0.6) is 5.75 Å². The van der Waals surface area contributed by atoms with E-state index in [1.165, 1.54) is 13.4 Å². The van der Waals surface area contributed by atoms with Crippen LogP contribution >= 0.6 is 0 Å². The molecule has 8 heteroatoms. The number of methoxy groups -OCH3 is 1. The highest BCUT2D eigenvalue weighted by Crippen LogP contribution is 2.17. The predicted molar refractivity (Wildman–Crippen MR) is 66.4 cm³/mol. The summed E-state index contributed by atoms with van der Waals surface area (Å²) in [6.07, 6.45) is 2.96. The molecule has 4 N–H and O–H groups in total. The van der Waals surface area contributed by atoms with Crippen molar-refractivity contribution in [2.24, 2.45) is 7.05 Å². The average molecular weight is 250 g/mol. The fourth-order valence-corrected chi connectivity index (χ4v) is 1.51. The van der Waals surface area contributed by atoms with Gasteiger partial charge in [0, 0.05) is 19.2 Å². The molecular weight excluding hydrogens is 236 g/mol. The molecule has 2 aromatic rings. The van der Waals surface area contributed by atoms with Crippen molar-refractivity contribution in [3.8, 4) is 5.75 Å². The van der Waals surface area contributed by atoms with Crippen LogP contribution in [0.3, 0.4) is 0 Å². The molecule has 0 spiro atoms. The van der Waals surface area contributed by atoms with E-state index in [1.807, 2.05) is 0 Å². The number of nitrogen functional groups attached to an aromatic ring is 1. The molecule has 0 atom stereocenters. The molecule has 96 valence electrons. The van der Waals surface area contributed by atoms with Crippen molar-refractivity contribution in [2.75, 3.05) is 18.2 Å². The zero-order valence-corrected chi connectivity index (χ0v) is 10.1. The molecule has 8 nitrogen and oxygen atoms in total. The van der Waals surface area contributed by atoms with Crippen LogP contribution in [0, 0.1) is 0 Å². The zero-order valence-electron chi connectivity index (χ0n) is 10.1. The molecule has 0 aliphatic carbocycles. The van der Waals surface area contributed by atoms with E-state index in [4.69, 9.17) is 10.5 Å². The largest absolute Gasteiger partial charge is 0.489 e. The average Bonchev–Trinajstić information content (AvgIpc) is 2.68. The molecule has 0 unspecified atom stereocenters. The number of anilines is 2. The molecular formula is C10H14N6O2. The van der Waals surface area contributed by atoms with Crippen LogP contribution in [-0.2, 0) is 13.6 Å². The first kappa shape index (κ1) is 12.0. The Morgan fingerprint density at radius 2 is 2.39 bits per heavy atom. The minimum atomic E-state index is -0.339. The second-order valence-electron chi connectivity index (χ2n) is 3.65. The summed E-state index contributed by atoms with van der Waals surface area (Å²) < 4.78 is 6.55. The van der Waals surface area contributed by atoms with Crippen molar-refractivity contribution in [2.45, 2.75) is 6.54 Å². The number of rotatable bonds is 4. The summed E-state index contributed by atoms with van der Waals surface area (Å²) in [6.45, 7) is 0.409. The predicted octanol–water partition coefficient (Wildman–Crippen LogP) is -0.294. The van der Waals surface area contributed by atoms with Gasteiger partial charge in [-0.25, -0.2) is 4.98 Å². The summed E-state index contributed by atoms with van der Waals surface area (Å²) in [5.41, 5.74) is 6.29. The second kappa shape index (κ2) is 4.78. The Balaban J connectivity index is 2.18. The summed E-state index contributed by atoms with van der Waals surface area (Å²) in [6, 6.07) is 0. The van der Waals surface area contributed by atoms with Crippen molar-refractivity contribution < 1.29 is 4.74 Å². The van der Waals surface area contributed by atoms with Gasteiger partial charge in [-0.2, -0.15) is 5.10 Å². The Labute approximate surface area is 103 Å². The highest BCUT2D eigenvalue weighted by molar-refractivity contribution is 5.49. The number of aromatic nitrogens is 4. The minimum Gasteiger partial charge on any atom is -0.489 e. The van der Waals surface area contributed by atoms with Crippen LogP contribution in [0.2, 0.25) is 0 Å². The number of hydrogen-bond acceptors (Lipinski definition) is 6. The molecule has 0 amide bonds. The van der Waals surface area contributed by atoms with Crippen LogP contribution in [0.15, 0.2) is 17.3 Å². The van der Waals surface area contributed by atoms with E-state index in [9.17, 15) is 4.79 Å². The van der Waals surface area contributed by atoms with Crippen molar-refractivity contribution in [3.63, 3.8) is 0 Å². The normalized spacial score (nSPS) is 10.3. The Bertz CT molecular complexity index is 603. The third kappa shape index (κ3) is 2.12. The van der Waals surface area contributed by atoms with Crippen LogP contribution in [0.25, 0.3) is 0 Å². The Morgan fingerprint density at radius 1 is 1.61 bits per heavy atom. The molecule has 0 radical (unpaired) electrons. The highest BCUT2D eigenvalue weighted by atomic mass is 16.5. The van der Waals surface area contributed by atoms with E-state index in [1.54, 1.807) is 17.9 Å². The first-order chi connectivity index (χ1) is 8.63. The van der Waals surface area contributed by atoms with Gasteiger partial charge in [0.05, 0.1) is 19.6 Å². The van der Waals surface area contributed by atoms with Gasteiger partial charge in [0.1, 0.15) is 5.82 Å².